The van der Waals surface area contributed by atoms with Gasteiger partial charge in [0.1, 0.15) is 0 Å². The fraction of sp³-hybridized carbons (Fsp3) is 0.429. The Bertz CT molecular complexity index is 574. The Labute approximate surface area is 110 Å². The van der Waals surface area contributed by atoms with Crippen LogP contribution in [0.2, 0.25) is 0 Å². The van der Waals surface area contributed by atoms with E-state index in [0.29, 0.717) is 17.4 Å². The maximum Gasteiger partial charge on any atom is 0.258 e. The topological polar surface area (TPSA) is 79.4 Å². The number of nitrogens with zero attached hydrogens (tertiary/aromatic N) is 2. The van der Waals surface area contributed by atoms with Crippen molar-refractivity contribution in [2.24, 2.45) is 0 Å². The zero-order valence-electron chi connectivity index (χ0n) is 10.5. The van der Waals surface area contributed by atoms with E-state index in [1.807, 2.05) is 0 Å². The molecule has 100 valence electrons. The molecule has 1 aliphatic rings. The van der Waals surface area contributed by atoms with Crippen LogP contribution >= 0.6 is 0 Å². The third-order valence-corrected chi connectivity index (χ3v) is 3.63. The van der Waals surface area contributed by atoms with E-state index in [1.165, 1.54) is 31.4 Å². The second kappa shape index (κ2) is 4.91. The smallest absolute Gasteiger partial charge is 0.258 e. The monoisotopic (exact) mass is 260 g/mol. The van der Waals surface area contributed by atoms with E-state index in [-0.39, 0.29) is 11.5 Å². The highest BCUT2D eigenvalue weighted by Gasteiger charge is 2.21. The first-order valence-corrected chi connectivity index (χ1v) is 6.60. The van der Waals surface area contributed by atoms with Crippen LogP contribution in [0.25, 0.3) is 11.5 Å². The van der Waals surface area contributed by atoms with Crippen LogP contribution < -0.4 is 0 Å². The minimum Gasteiger partial charge on any atom is -0.504 e. The number of hydrogen-bond donors (Lipinski definition) is 2. The molecule has 5 heteroatoms. The van der Waals surface area contributed by atoms with Gasteiger partial charge in [0.15, 0.2) is 17.3 Å². The van der Waals surface area contributed by atoms with Crippen molar-refractivity contribution in [3.05, 3.63) is 24.0 Å². The number of aromatic nitrogens is 2. The van der Waals surface area contributed by atoms with Crippen molar-refractivity contribution in [2.75, 3.05) is 0 Å². The van der Waals surface area contributed by atoms with Gasteiger partial charge in [-0.25, -0.2) is 0 Å². The van der Waals surface area contributed by atoms with Gasteiger partial charge in [-0.15, -0.1) is 0 Å². The Morgan fingerprint density at radius 1 is 1.05 bits per heavy atom. The van der Waals surface area contributed by atoms with E-state index in [1.54, 1.807) is 6.07 Å². The van der Waals surface area contributed by atoms with Crippen molar-refractivity contribution >= 4 is 0 Å². The molecule has 0 bridgehead atoms. The van der Waals surface area contributed by atoms with E-state index >= 15 is 0 Å². The van der Waals surface area contributed by atoms with Gasteiger partial charge >= 0.3 is 0 Å². The van der Waals surface area contributed by atoms with Crippen molar-refractivity contribution in [3.63, 3.8) is 0 Å². The van der Waals surface area contributed by atoms with Crippen molar-refractivity contribution in [1.29, 1.82) is 0 Å². The molecule has 1 aliphatic carbocycles. The van der Waals surface area contributed by atoms with Crippen LogP contribution in [0.1, 0.15) is 43.8 Å². The van der Waals surface area contributed by atoms with Crippen LogP contribution in [0.5, 0.6) is 11.5 Å². The summed E-state index contributed by atoms with van der Waals surface area (Å²) in [5.74, 6) is 1.18. The van der Waals surface area contributed by atoms with Crippen molar-refractivity contribution < 1.29 is 14.7 Å². The summed E-state index contributed by atoms with van der Waals surface area (Å²) in [6.07, 6.45) is 5.94. The second-order valence-corrected chi connectivity index (χ2v) is 5.00. The highest BCUT2D eigenvalue weighted by atomic mass is 16.5. The quantitative estimate of drug-likeness (QED) is 0.810. The number of hydrogen-bond acceptors (Lipinski definition) is 5. The van der Waals surface area contributed by atoms with Gasteiger partial charge in [-0.1, -0.05) is 24.4 Å². The van der Waals surface area contributed by atoms with Gasteiger partial charge in [0.2, 0.25) is 0 Å². The lowest BCUT2D eigenvalue weighted by Crippen LogP contribution is -2.06. The molecule has 0 amide bonds. The molecule has 2 aromatic rings. The van der Waals surface area contributed by atoms with Crippen LogP contribution in [0.3, 0.4) is 0 Å². The van der Waals surface area contributed by atoms with Crippen LogP contribution in [-0.4, -0.2) is 20.4 Å². The molecule has 0 saturated heterocycles. The minimum absolute atomic E-state index is 0.157. The molecule has 2 N–H and O–H groups in total. The molecule has 0 aliphatic heterocycles. The Morgan fingerprint density at radius 2 is 1.84 bits per heavy atom. The lowest BCUT2D eigenvalue weighted by atomic mass is 9.89. The summed E-state index contributed by atoms with van der Waals surface area (Å²) < 4.78 is 5.24. The third-order valence-electron chi connectivity index (χ3n) is 3.63. The first-order chi connectivity index (χ1) is 9.24. The number of aromatic hydroxyl groups is 2. The van der Waals surface area contributed by atoms with Gasteiger partial charge in [-0.2, -0.15) is 4.98 Å². The molecule has 3 rings (SSSR count). The summed E-state index contributed by atoms with van der Waals surface area (Å²) in [6.45, 7) is 0. The SMILES string of the molecule is Oc1ccc(-c2nc(C3CCCCC3)no2)cc1O. The Morgan fingerprint density at radius 3 is 2.58 bits per heavy atom. The zero-order chi connectivity index (χ0) is 13.2. The maximum atomic E-state index is 9.48. The average molecular weight is 260 g/mol. The highest BCUT2D eigenvalue weighted by Crippen LogP contribution is 2.33. The van der Waals surface area contributed by atoms with Crippen molar-refractivity contribution in [2.45, 2.75) is 38.0 Å². The number of phenolic OH excluding ortho intramolecular Hbond substituents is 2. The molecule has 0 radical (unpaired) electrons. The van der Waals surface area contributed by atoms with Gasteiger partial charge in [0.05, 0.1) is 0 Å². The standard InChI is InChI=1S/C14H16N2O3/c17-11-7-6-10(8-12(11)18)14-15-13(16-19-14)9-4-2-1-3-5-9/h6-9,17-18H,1-5H2. The van der Waals surface area contributed by atoms with Crippen molar-refractivity contribution in [1.82, 2.24) is 10.1 Å². The molecule has 1 fully saturated rings. The summed E-state index contributed by atoms with van der Waals surface area (Å²) in [4.78, 5) is 4.40. The van der Waals surface area contributed by atoms with E-state index in [0.717, 1.165) is 18.7 Å². The largest absolute Gasteiger partial charge is 0.504 e. The molecule has 19 heavy (non-hydrogen) atoms. The summed E-state index contributed by atoms with van der Waals surface area (Å²) in [6, 6.07) is 4.48. The summed E-state index contributed by atoms with van der Waals surface area (Å²) in [5, 5.41) is 22.8. The maximum absolute atomic E-state index is 9.48. The summed E-state index contributed by atoms with van der Waals surface area (Å²) >= 11 is 0. The number of phenols is 2. The van der Waals surface area contributed by atoms with E-state index < -0.39 is 0 Å². The van der Waals surface area contributed by atoms with Crippen LogP contribution in [0.15, 0.2) is 22.7 Å². The van der Waals surface area contributed by atoms with Gasteiger partial charge in [-0.3, -0.25) is 0 Å². The molecule has 0 spiro atoms. The van der Waals surface area contributed by atoms with Crippen LogP contribution in [0, 0.1) is 0 Å². The van der Waals surface area contributed by atoms with Crippen molar-refractivity contribution in [3.8, 4) is 23.0 Å². The Kier molecular flexibility index (Phi) is 3.11. The summed E-state index contributed by atoms with van der Waals surface area (Å²) in [5.41, 5.74) is 0.616. The normalized spacial score (nSPS) is 16.6. The minimum atomic E-state index is -0.185. The second-order valence-electron chi connectivity index (χ2n) is 5.00. The molecule has 1 saturated carbocycles. The fourth-order valence-corrected chi connectivity index (χ4v) is 2.54. The Hall–Kier alpha value is -2.04. The molecular formula is C14H16N2O3. The van der Waals surface area contributed by atoms with E-state index in [9.17, 15) is 10.2 Å². The average Bonchev–Trinajstić information content (AvgIpc) is 2.93. The third kappa shape index (κ3) is 2.41. The van der Waals surface area contributed by atoms with Gasteiger partial charge in [0, 0.05) is 11.5 Å². The Balaban J connectivity index is 1.85. The van der Waals surface area contributed by atoms with E-state index in [4.69, 9.17) is 4.52 Å². The molecule has 1 aromatic heterocycles. The first-order valence-electron chi connectivity index (χ1n) is 6.60. The van der Waals surface area contributed by atoms with Gasteiger partial charge in [0.25, 0.3) is 5.89 Å². The molecule has 1 heterocycles. The van der Waals surface area contributed by atoms with Crippen LogP contribution in [0.4, 0.5) is 0 Å². The molecule has 5 nitrogen and oxygen atoms in total. The number of benzene rings is 1. The number of rotatable bonds is 2. The predicted molar refractivity (Wildman–Crippen MR) is 68.9 cm³/mol. The van der Waals surface area contributed by atoms with Crippen LogP contribution in [-0.2, 0) is 0 Å². The highest BCUT2D eigenvalue weighted by molar-refractivity contribution is 5.58. The van der Waals surface area contributed by atoms with E-state index in [2.05, 4.69) is 10.1 Å². The fourth-order valence-electron chi connectivity index (χ4n) is 2.54. The van der Waals surface area contributed by atoms with Gasteiger partial charge < -0.3 is 14.7 Å². The van der Waals surface area contributed by atoms with Gasteiger partial charge in [-0.05, 0) is 31.0 Å². The lowest BCUT2D eigenvalue weighted by Gasteiger charge is -2.17. The lowest BCUT2D eigenvalue weighted by molar-refractivity contribution is 0.384. The predicted octanol–water partition coefficient (Wildman–Crippen LogP) is 3.20. The molecule has 0 unspecified atom stereocenters. The molecule has 1 aromatic carbocycles. The molecule has 0 atom stereocenters. The first kappa shape index (κ1) is 12.0. The summed E-state index contributed by atoms with van der Waals surface area (Å²) in [7, 11) is 0. The molecular weight excluding hydrogens is 244 g/mol. The zero-order valence-corrected chi connectivity index (χ0v) is 10.5.